The van der Waals surface area contributed by atoms with Gasteiger partial charge in [0.15, 0.2) is 6.61 Å². The third-order valence-corrected chi connectivity index (χ3v) is 4.19. The molecule has 1 aliphatic rings. The Kier molecular flexibility index (Phi) is 4.54. The van der Waals surface area contributed by atoms with Crippen LogP contribution in [-0.4, -0.2) is 46.2 Å². The highest BCUT2D eigenvalue weighted by molar-refractivity contribution is 7.99. The SMILES string of the molecule is Cc1ccc(C)c(OCC(=O)N2CSC[C@H]2C(=O)O)c1. The molecule has 2 rings (SSSR count). The van der Waals surface area contributed by atoms with Gasteiger partial charge in [0.2, 0.25) is 0 Å². The molecule has 0 radical (unpaired) electrons. The third-order valence-electron chi connectivity index (χ3n) is 3.18. The van der Waals surface area contributed by atoms with Crippen LogP contribution < -0.4 is 4.74 Å². The highest BCUT2D eigenvalue weighted by atomic mass is 32.2. The predicted octanol–water partition coefficient (Wildman–Crippen LogP) is 1.67. The molecule has 1 N–H and O–H groups in total. The van der Waals surface area contributed by atoms with Crippen LogP contribution in [0.25, 0.3) is 0 Å². The summed E-state index contributed by atoms with van der Waals surface area (Å²) in [6.07, 6.45) is 0. The predicted molar refractivity (Wildman–Crippen MR) is 77.0 cm³/mol. The molecule has 1 aromatic rings. The minimum absolute atomic E-state index is 0.130. The van der Waals surface area contributed by atoms with E-state index in [1.165, 1.54) is 16.7 Å². The molecule has 1 heterocycles. The molecule has 1 saturated heterocycles. The molecule has 1 atom stereocenters. The van der Waals surface area contributed by atoms with Crippen LogP contribution in [0.4, 0.5) is 0 Å². The standard InChI is InChI=1S/C14H17NO4S/c1-9-3-4-10(2)12(5-9)19-6-13(16)15-8-20-7-11(15)14(17)18/h3-5,11H,6-8H2,1-2H3,(H,17,18)/t11-/m0/s1. The summed E-state index contributed by atoms with van der Waals surface area (Å²) in [6, 6.07) is 5.04. The number of carbonyl (C=O) groups excluding carboxylic acids is 1. The number of nitrogens with zero attached hydrogens (tertiary/aromatic N) is 1. The van der Waals surface area contributed by atoms with Crippen molar-refractivity contribution in [2.75, 3.05) is 18.2 Å². The molecule has 1 aromatic carbocycles. The molecular weight excluding hydrogens is 278 g/mol. The highest BCUT2D eigenvalue weighted by Gasteiger charge is 2.34. The molecule has 0 bridgehead atoms. The quantitative estimate of drug-likeness (QED) is 0.915. The minimum atomic E-state index is -0.963. The molecule has 0 aliphatic carbocycles. The first-order valence-corrected chi connectivity index (χ1v) is 7.44. The second-order valence-corrected chi connectivity index (χ2v) is 5.77. The molecule has 0 spiro atoms. The lowest BCUT2D eigenvalue weighted by molar-refractivity contribution is -0.148. The first-order valence-electron chi connectivity index (χ1n) is 6.29. The number of aryl methyl sites for hydroxylation is 2. The van der Waals surface area contributed by atoms with Gasteiger partial charge in [0, 0.05) is 5.75 Å². The van der Waals surface area contributed by atoms with Gasteiger partial charge < -0.3 is 14.7 Å². The Hall–Kier alpha value is -1.69. The van der Waals surface area contributed by atoms with Gasteiger partial charge in [-0.1, -0.05) is 12.1 Å². The lowest BCUT2D eigenvalue weighted by Gasteiger charge is -2.20. The topological polar surface area (TPSA) is 66.8 Å². The maximum Gasteiger partial charge on any atom is 0.327 e. The van der Waals surface area contributed by atoms with E-state index in [2.05, 4.69) is 0 Å². The number of hydrogen-bond donors (Lipinski definition) is 1. The number of amides is 1. The Morgan fingerprint density at radius 1 is 1.45 bits per heavy atom. The van der Waals surface area contributed by atoms with Crippen LogP contribution in [-0.2, 0) is 9.59 Å². The number of carbonyl (C=O) groups is 2. The average Bonchev–Trinajstić information content (AvgIpc) is 2.89. The Morgan fingerprint density at radius 2 is 2.20 bits per heavy atom. The molecule has 6 heteroatoms. The van der Waals surface area contributed by atoms with E-state index >= 15 is 0 Å². The normalized spacial score (nSPS) is 18.1. The monoisotopic (exact) mass is 295 g/mol. The summed E-state index contributed by atoms with van der Waals surface area (Å²) in [5, 5.41) is 9.05. The molecule has 0 unspecified atom stereocenters. The van der Waals surface area contributed by atoms with Crippen molar-refractivity contribution in [3.63, 3.8) is 0 Å². The zero-order chi connectivity index (χ0) is 14.7. The minimum Gasteiger partial charge on any atom is -0.483 e. The van der Waals surface area contributed by atoms with Crippen LogP contribution in [0, 0.1) is 13.8 Å². The Balaban J connectivity index is 1.98. The average molecular weight is 295 g/mol. The van der Waals surface area contributed by atoms with E-state index in [1.54, 1.807) is 0 Å². The van der Waals surface area contributed by atoms with Crippen LogP contribution in [0.3, 0.4) is 0 Å². The van der Waals surface area contributed by atoms with Gasteiger partial charge in [-0.3, -0.25) is 4.79 Å². The maximum atomic E-state index is 12.1. The molecule has 1 aliphatic heterocycles. The van der Waals surface area contributed by atoms with Gasteiger partial charge in [-0.05, 0) is 31.0 Å². The lowest BCUT2D eigenvalue weighted by Crippen LogP contribution is -2.43. The third kappa shape index (κ3) is 3.25. The summed E-state index contributed by atoms with van der Waals surface area (Å²) >= 11 is 1.44. The van der Waals surface area contributed by atoms with Crippen molar-refractivity contribution in [3.05, 3.63) is 29.3 Å². The second kappa shape index (κ2) is 6.17. The Morgan fingerprint density at radius 3 is 2.90 bits per heavy atom. The Bertz CT molecular complexity index is 532. The molecule has 1 fully saturated rings. The van der Waals surface area contributed by atoms with Crippen LogP contribution in [0.2, 0.25) is 0 Å². The fraction of sp³-hybridized carbons (Fsp3) is 0.429. The van der Waals surface area contributed by atoms with Gasteiger partial charge in [0.05, 0.1) is 5.88 Å². The van der Waals surface area contributed by atoms with Crippen molar-refractivity contribution in [1.82, 2.24) is 4.90 Å². The molecule has 0 saturated carbocycles. The molecule has 1 amide bonds. The number of thioether (sulfide) groups is 1. The summed E-state index contributed by atoms with van der Waals surface area (Å²) in [4.78, 5) is 24.5. The van der Waals surface area contributed by atoms with Gasteiger partial charge in [-0.25, -0.2) is 4.79 Å². The van der Waals surface area contributed by atoms with E-state index < -0.39 is 12.0 Å². The van der Waals surface area contributed by atoms with E-state index in [-0.39, 0.29) is 12.5 Å². The van der Waals surface area contributed by atoms with Crippen LogP contribution in [0.15, 0.2) is 18.2 Å². The lowest BCUT2D eigenvalue weighted by atomic mass is 10.1. The van der Waals surface area contributed by atoms with Gasteiger partial charge in [0.1, 0.15) is 11.8 Å². The number of carboxylic acids is 1. The number of hydrogen-bond acceptors (Lipinski definition) is 4. The molecule has 108 valence electrons. The second-order valence-electron chi connectivity index (χ2n) is 4.78. The van der Waals surface area contributed by atoms with Gasteiger partial charge in [0.25, 0.3) is 5.91 Å². The summed E-state index contributed by atoms with van der Waals surface area (Å²) in [5.74, 6) is 0.256. The zero-order valence-corrected chi connectivity index (χ0v) is 12.3. The summed E-state index contributed by atoms with van der Waals surface area (Å²) < 4.78 is 5.53. The summed E-state index contributed by atoms with van der Waals surface area (Å²) in [5.41, 5.74) is 2.01. The molecular formula is C14H17NO4S. The van der Waals surface area contributed by atoms with Crippen molar-refractivity contribution >= 4 is 23.6 Å². The van der Waals surface area contributed by atoms with Crippen LogP contribution in [0.1, 0.15) is 11.1 Å². The van der Waals surface area contributed by atoms with E-state index in [9.17, 15) is 9.59 Å². The van der Waals surface area contributed by atoms with E-state index in [0.717, 1.165) is 11.1 Å². The maximum absolute atomic E-state index is 12.1. The molecule has 0 aromatic heterocycles. The van der Waals surface area contributed by atoms with E-state index in [0.29, 0.717) is 17.4 Å². The van der Waals surface area contributed by atoms with Crippen molar-refractivity contribution in [1.29, 1.82) is 0 Å². The number of ether oxygens (including phenoxy) is 1. The van der Waals surface area contributed by atoms with Crippen molar-refractivity contribution in [2.45, 2.75) is 19.9 Å². The van der Waals surface area contributed by atoms with Crippen molar-refractivity contribution in [2.24, 2.45) is 0 Å². The number of carboxylic acid groups (broad SMARTS) is 1. The van der Waals surface area contributed by atoms with E-state index in [1.807, 2.05) is 32.0 Å². The zero-order valence-electron chi connectivity index (χ0n) is 11.5. The highest BCUT2D eigenvalue weighted by Crippen LogP contribution is 2.22. The number of benzene rings is 1. The van der Waals surface area contributed by atoms with Gasteiger partial charge in [-0.2, -0.15) is 0 Å². The van der Waals surface area contributed by atoms with E-state index in [4.69, 9.17) is 9.84 Å². The summed E-state index contributed by atoms with van der Waals surface area (Å²) in [6.45, 7) is 3.73. The number of rotatable bonds is 4. The van der Waals surface area contributed by atoms with Gasteiger partial charge >= 0.3 is 5.97 Å². The van der Waals surface area contributed by atoms with Crippen molar-refractivity contribution < 1.29 is 19.4 Å². The molecule has 5 nitrogen and oxygen atoms in total. The van der Waals surface area contributed by atoms with Crippen molar-refractivity contribution in [3.8, 4) is 5.75 Å². The smallest absolute Gasteiger partial charge is 0.327 e. The largest absolute Gasteiger partial charge is 0.483 e. The first-order chi connectivity index (χ1) is 9.49. The molecule has 20 heavy (non-hydrogen) atoms. The summed E-state index contributed by atoms with van der Waals surface area (Å²) in [7, 11) is 0. The fourth-order valence-corrected chi connectivity index (χ4v) is 3.15. The Labute approximate surface area is 121 Å². The number of aliphatic carboxylic acids is 1. The fourth-order valence-electron chi connectivity index (χ4n) is 1.98. The van der Waals surface area contributed by atoms with Crippen LogP contribution >= 0.6 is 11.8 Å². The van der Waals surface area contributed by atoms with Gasteiger partial charge in [-0.15, -0.1) is 11.8 Å². The van der Waals surface area contributed by atoms with Crippen LogP contribution in [0.5, 0.6) is 5.75 Å². The first kappa shape index (κ1) is 14.7.